The van der Waals surface area contributed by atoms with Crippen LogP contribution in [-0.2, 0) is 4.79 Å². The van der Waals surface area contributed by atoms with E-state index in [-0.39, 0.29) is 12.5 Å². The van der Waals surface area contributed by atoms with Crippen molar-refractivity contribution in [3.05, 3.63) is 71.4 Å². The van der Waals surface area contributed by atoms with Gasteiger partial charge in [0.15, 0.2) is 6.61 Å². The number of hydrazone groups is 1. The van der Waals surface area contributed by atoms with Crippen LogP contribution in [-0.4, -0.2) is 23.7 Å². The third kappa shape index (κ3) is 4.08. The van der Waals surface area contributed by atoms with Crippen molar-refractivity contribution >= 4 is 34.6 Å². The van der Waals surface area contributed by atoms with E-state index in [9.17, 15) is 4.79 Å². The first-order valence-corrected chi connectivity index (χ1v) is 7.65. The molecule has 0 aliphatic rings. The van der Waals surface area contributed by atoms with Gasteiger partial charge in [0.25, 0.3) is 5.91 Å². The molecule has 0 aliphatic carbocycles. The molecule has 1 aromatic heterocycles. The Morgan fingerprint density at radius 3 is 2.75 bits per heavy atom. The molecule has 3 aromatic rings. The SMILES string of the molecule is O=C(COc1ccccc1)N/N=C/c1cc2ccccc2nc1Cl. The molecule has 0 atom stereocenters. The van der Waals surface area contributed by atoms with E-state index in [1.807, 2.05) is 48.5 Å². The van der Waals surface area contributed by atoms with Crippen molar-refractivity contribution < 1.29 is 9.53 Å². The van der Waals surface area contributed by atoms with Gasteiger partial charge in [-0.2, -0.15) is 5.10 Å². The van der Waals surface area contributed by atoms with Gasteiger partial charge in [-0.1, -0.05) is 48.0 Å². The minimum atomic E-state index is -0.361. The number of benzene rings is 2. The van der Waals surface area contributed by atoms with Crippen molar-refractivity contribution in [2.24, 2.45) is 5.10 Å². The summed E-state index contributed by atoms with van der Waals surface area (Å²) in [4.78, 5) is 16.0. The molecule has 1 amide bonds. The number of para-hydroxylation sites is 2. The first-order chi connectivity index (χ1) is 11.7. The monoisotopic (exact) mass is 339 g/mol. The summed E-state index contributed by atoms with van der Waals surface area (Å²) in [6.45, 7) is -0.120. The molecule has 5 nitrogen and oxygen atoms in total. The molecule has 2 aromatic carbocycles. The van der Waals surface area contributed by atoms with Gasteiger partial charge in [0, 0.05) is 10.9 Å². The minimum absolute atomic E-state index is 0.120. The largest absolute Gasteiger partial charge is 0.484 e. The number of carbonyl (C=O) groups is 1. The molecule has 6 heteroatoms. The maximum Gasteiger partial charge on any atom is 0.277 e. The number of fused-ring (bicyclic) bond motifs is 1. The lowest BCUT2D eigenvalue weighted by atomic mass is 10.2. The van der Waals surface area contributed by atoms with Gasteiger partial charge in [0.05, 0.1) is 11.7 Å². The Hall–Kier alpha value is -2.92. The molecule has 0 aliphatic heterocycles. The third-order valence-electron chi connectivity index (χ3n) is 3.21. The van der Waals surface area contributed by atoms with Crippen LogP contribution in [0.5, 0.6) is 5.75 Å². The van der Waals surface area contributed by atoms with Crippen molar-refractivity contribution in [2.45, 2.75) is 0 Å². The lowest BCUT2D eigenvalue weighted by molar-refractivity contribution is -0.123. The smallest absolute Gasteiger partial charge is 0.277 e. The van der Waals surface area contributed by atoms with E-state index in [4.69, 9.17) is 16.3 Å². The number of ether oxygens (including phenoxy) is 1. The highest BCUT2D eigenvalue weighted by Crippen LogP contribution is 2.18. The Kier molecular flexibility index (Phi) is 5.03. The van der Waals surface area contributed by atoms with Crippen LogP contribution in [0.4, 0.5) is 0 Å². The quantitative estimate of drug-likeness (QED) is 0.440. The van der Waals surface area contributed by atoms with Gasteiger partial charge in [-0.05, 0) is 24.3 Å². The molecule has 120 valence electrons. The average molecular weight is 340 g/mol. The fourth-order valence-corrected chi connectivity index (χ4v) is 2.27. The Morgan fingerprint density at radius 1 is 1.17 bits per heavy atom. The van der Waals surface area contributed by atoms with Gasteiger partial charge in [-0.3, -0.25) is 4.79 Å². The first-order valence-electron chi connectivity index (χ1n) is 7.27. The Balaban J connectivity index is 1.59. The summed E-state index contributed by atoms with van der Waals surface area (Å²) in [6, 6.07) is 18.6. The van der Waals surface area contributed by atoms with Crippen molar-refractivity contribution in [3.63, 3.8) is 0 Å². The molecule has 24 heavy (non-hydrogen) atoms. The normalized spacial score (nSPS) is 10.9. The standard InChI is InChI=1S/C18H14ClN3O2/c19-18-14(10-13-6-4-5-9-16(13)21-18)11-20-22-17(23)12-24-15-7-2-1-3-8-15/h1-11H,12H2,(H,22,23)/b20-11+. The van der Waals surface area contributed by atoms with Gasteiger partial charge in [0.1, 0.15) is 10.9 Å². The summed E-state index contributed by atoms with van der Waals surface area (Å²) < 4.78 is 5.33. The van der Waals surface area contributed by atoms with Crippen molar-refractivity contribution in [1.29, 1.82) is 0 Å². The summed E-state index contributed by atoms with van der Waals surface area (Å²) in [6.07, 6.45) is 1.46. The van der Waals surface area contributed by atoms with E-state index in [0.29, 0.717) is 16.5 Å². The summed E-state index contributed by atoms with van der Waals surface area (Å²) >= 11 is 6.12. The molecular formula is C18H14ClN3O2. The second kappa shape index (κ2) is 7.57. The zero-order valence-corrected chi connectivity index (χ0v) is 13.4. The van der Waals surface area contributed by atoms with Gasteiger partial charge in [0.2, 0.25) is 0 Å². The molecule has 3 rings (SSSR count). The van der Waals surface area contributed by atoms with E-state index in [0.717, 1.165) is 10.9 Å². The first kappa shape index (κ1) is 16.0. The fraction of sp³-hybridized carbons (Fsp3) is 0.0556. The Morgan fingerprint density at radius 2 is 1.92 bits per heavy atom. The molecule has 1 heterocycles. The van der Waals surface area contributed by atoms with Crippen LogP contribution in [0.1, 0.15) is 5.56 Å². The van der Waals surface area contributed by atoms with Gasteiger partial charge >= 0.3 is 0 Å². The maximum atomic E-state index is 11.7. The molecule has 0 spiro atoms. The maximum absolute atomic E-state index is 11.7. The van der Waals surface area contributed by atoms with E-state index in [2.05, 4.69) is 15.5 Å². The highest BCUT2D eigenvalue weighted by Gasteiger charge is 2.04. The lowest BCUT2D eigenvalue weighted by Gasteiger charge is -2.04. The molecule has 0 unspecified atom stereocenters. The lowest BCUT2D eigenvalue weighted by Crippen LogP contribution is -2.24. The van der Waals surface area contributed by atoms with Crippen molar-refractivity contribution in [1.82, 2.24) is 10.4 Å². The van der Waals surface area contributed by atoms with Crippen molar-refractivity contribution in [3.8, 4) is 5.75 Å². The number of carbonyl (C=O) groups excluding carboxylic acids is 1. The summed E-state index contributed by atoms with van der Waals surface area (Å²) in [5.74, 6) is 0.262. The highest BCUT2D eigenvalue weighted by atomic mass is 35.5. The number of hydrogen-bond acceptors (Lipinski definition) is 4. The number of pyridine rings is 1. The number of hydrogen-bond donors (Lipinski definition) is 1. The number of amides is 1. The summed E-state index contributed by atoms with van der Waals surface area (Å²) in [5, 5.41) is 5.16. The van der Waals surface area contributed by atoms with Crippen LogP contribution in [0.3, 0.4) is 0 Å². The van der Waals surface area contributed by atoms with Crippen LogP contribution in [0.25, 0.3) is 10.9 Å². The number of nitrogens with zero attached hydrogens (tertiary/aromatic N) is 2. The van der Waals surface area contributed by atoms with E-state index < -0.39 is 0 Å². The topological polar surface area (TPSA) is 63.6 Å². The molecule has 0 fully saturated rings. The second-order valence-corrected chi connectivity index (χ2v) is 5.31. The minimum Gasteiger partial charge on any atom is -0.484 e. The van der Waals surface area contributed by atoms with Crippen LogP contribution in [0, 0.1) is 0 Å². The highest BCUT2D eigenvalue weighted by molar-refractivity contribution is 6.32. The zero-order valence-electron chi connectivity index (χ0n) is 12.6. The van der Waals surface area contributed by atoms with Crippen LogP contribution >= 0.6 is 11.6 Å². The number of rotatable bonds is 5. The predicted molar refractivity (Wildman–Crippen MR) is 94.4 cm³/mol. The van der Waals surface area contributed by atoms with E-state index in [1.54, 1.807) is 12.1 Å². The van der Waals surface area contributed by atoms with Crippen molar-refractivity contribution in [2.75, 3.05) is 6.61 Å². The third-order valence-corrected chi connectivity index (χ3v) is 3.51. The molecule has 1 N–H and O–H groups in total. The molecule has 0 radical (unpaired) electrons. The van der Waals surface area contributed by atoms with Gasteiger partial charge < -0.3 is 4.74 Å². The molecule has 0 bridgehead atoms. The average Bonchev–Trinajstić information content (AvgIpc) is 2.61. The molecule has 0 saturated heterocycles. The van der Waals surface area contributed by atoms with Crippen LogP contribution < -0.4 is 10.2 Å². The molecule has 0 saturated carbocycles. The predicted octanol–water partition coefficient (Wildman–Crippen LogP) is 3.42. The summed E-state index contributed by atoms with van der Waals surface area (Å²) in [7, 11) is 0. The number of aromatic nitrogens is 1. The zero-order chi connectivity index (χ0) is 16.8. The van der Waals surface area contributed by atoms with E-state index >= 15 is 0 Å². The van der Waals surface area contributed by atoms with Crippen LogP contribution in [0.2, 0.25) is 5.15 Å². The van der Waals surface area contributed by atoms with E-state index in [1.165, 1.54) is 6.21 Å². The summed E-state index contributed by atoms with van der Waals surface area (Å²) in [5.41, 5.74) is 3.83. The van der Waals surface area contributed by atoms with Crippen LogP contribution in [0.15, 0.2) is 65.8 Å². The fourth-order valence-electron chi connectivity index (χ4n) is 2.07. The number of nitrogens with one attached hydrogen (secondary N) is 1. The Labute approximate surface area is 143 Å². The Bertz CT molecular complexity index is 882. The van der Waals surface area contributed by atoms with Gasteiger partial charge in [-0.25, -0.2) is 10.4 Å². The van der Waals surface area contributed by atoms with Gasteiger partial charge in [-0.15, -0.1) is 0 Å². The second-order valence-electron chi connectivity index (χ2n) is 4.96. The number of halogens is 1. The molecular weight excluding hydrogens is 326 g/mol.